The molecule has 1 heterocycles. The van der Waals surface area contributed by atoms with Crippen LogP contribution in [0.5, 0.6) is 11.6 Å². The van der Waals surface area contributed by atoms with Gasteiger partial charge in [0.15, 0.2) is 0 Å². The molecule has 0 saturated heterocycles. The smallest absolute Gasteiger partial charge is 0.337 e. The van der Waals surface area contributed by atoms with Crippen LogP contribution in [0.3, 0.4) is 0 Å². The van der Waals surface area contributed by atoms with E-state index in [-0.39, 0.29) is 17.5 Å². The number of aryl methyl sites for hydroxylation is 1. The van der Waals surface area contributed by atoms with Gasteiger partial charge in [-0.1, -0.05) is 35.3 Å². The minimum atomic E-state index is -0.424. The van der Waals surface area contributed by atoms with E-state index in [9.17, 15) is 9.59 Å². The third kappa shape index (κ3) is 5.54. The van der Waals surface area contributed by atoms with E-state index in [4.69, 9.17) is 32.7 Å². The molecule has 0 aliphatic heterocycles. The Bertz CT molecular complexity index is 1120. The number of benzene rings is 2. The summed E-state index contributed by atoms with van der Waals surface area (Å²) in [6, 6.07) is 13.1. The number of ether oxygens (including phenoxy) is 2. The van der Waals surface area contributed by atoms with Crippen LogP contribution in [-0.4, -0.2) is 24.0 Å². The number of hydrogen-bond donors (Lipinski definition) is 1. The molecule has 0 unspecified atom stereocenters. The van der Waals surface area contributed by atoms with Crippen LogP contribution >= 0.6 is 23.2 Å². The van der Waals surface area contributed by atoms with Crippen LogP contribution in [0.4, 0.5) is 0 Å². The fourth-order valence-corrected chi connectivity index (χ4v) is 3.27. The fourth-order valence-electron chi connectivity index (χ4n) is 2.89. The van der Waals surface area contributed by atoms with Gasteiger partial charge in [-0.25, -0.2) is 9.78 Å². The van der Waals surface area contributed by atoms with Gasteiger partial charge in [0.1, 0.15) is 11.3 Å². The van der Waals surface area contributed by atoms with Gasteiger partial charge in [-0.2, -0.15) is 0 Å². The first-order chi connectivity index (χ1) is 14.8. The zero-order valence-electron chi connectivity index (χ0n) is 17.1. The first-order valence-corrected chi connectivity index (χ1v) is 10.1. The molecule has 1 aromatic heterocycles. The third-order valence-corrected chi connectivity index (χ3v) is 5.03. The number of esters is 1. The Morgan fingerprint density at radius 2 is 1.74 bits per heavy atom. The van der Waals surface area contributed by atoms with Crippen LogP contribution in [0, 0.1) is 6.92 Å². The maximum absolute atomic E-state index is 13.0. The molecule has 6 nitrogen and oxygen atoms in total. The van der Waals surface area contributed by atoms with E-state index < -0.39 is 11.9 Å². The van der Waals surface area contributed by atoms with E-state index in [0.717, 1.165) is 11.1 Å². The van der Waals surface area contributed by atoms with E-state index in [1.807, 2.05) is 13.8 Å². The molecule has 0 fully saturated rings. The molecule has 1 amide bonds. The summed E-state index contributed by atoms with van der Waals surface area (Å²) >= 11 is 12.1. The van der Waals surface area contributed by atoms with Gasteiger partial charge in [0.05, 0.1) is 23.7 Å². The van der Waals surface area contributed by atoms with Gasteiger partial charge in [-0.3, -0.25) is 4.79 Å². The topological polar surface area (TPSA) is 77.5 Å². The molecule has 1 atom stereocenters. The average Bonchev–Trinajstić information content (AvgIpc) is 2.76. The molecule has 0 saturated carbocycles. The van der Waals surface area contributed by atoms with Gasteiger partial charge >= 0.3 is 5.97 Å². The van der Waals surface area contributed by atoms with Gasteiger partial charge in [0.2, 0.25) is 5.88 Å². The summed E-state index contributed by atoms with van der Waals surface area (Å²) in [5, 5.41) is 3.79. The lowest BCUT2D eigenvalue weighted by Crippen LogP contribution is -2.27. The zero-order chi connectivity index (χ0) is 22.5. The molecular formula is C23H20Cl2N2O4. The summed E-state index contributed by atoms with van der Waals surface area (Å²) in [6.45, 7) is 3.67. The molecule has 0 spiro atoms. The summed E-state index contributed by atoms with van der Waals surface area (Å²) in [4.78, 5) is 28.7. The SMILES string of the molecule is COC(=O)c1ccc([C@H](C)NC(=O)c2cc(Cl)cnc2Oc2ccc(Cl)cc2C)cc1. The Kier molecular flexibility index (Phi) is 7.15. The number of methoxy groups -OCH3 is 1. The summed E-state index contributed by atoms with van der Waals surface area (Å²) in [6.07, 6.45) is 1.41. The number of nitrogens with zero attached hydrogens (tertiary/aromatic N) is 1. The Morgan fingerprint density at radius 1 is 1.03 bits per heavy atom. The standard InChI is InChI=1S/C23H20Cl2N2O4/c1-13-10-17(24)8-9-20(13)31-22-19(11-18(25)12-26-22)21(28)27-14(2)15-4-6-16(7-5-15)23(29)30-3/h4-12,14H,1-3H3,(H,27,28)/t14-/m0/s1. The molecule has 3 aromatic rings. The molecule has 160 valence electrons. The molecule has 8 heteroatoms. The van der Waals surface area contributed by atoms with Crippen molar-refractivity contribution in [2.75, 3.05) is 7.11 Å². The molecule has 2 aromatic carbocycles. The minimum absolute atomic E-state index is 0.126. The second kappa shape index (κ2) is 9.81. The van der Waals surface area contributed by atoms with Crippen molar-refractivity contribution in [3.05, 3.63) is 87.0 Å². The van der Waals surface area contributed by atoms with Gasteiger partial charge in [-0.05, 0) is 61.4 Å². The normalized spacial score (nSPS) is 11.5. The predicted molar refractivity (Wildman–Crippen MR) is 119 cm³/mol. The molecule has 3 rings (SSSR count). The number of pyridine rings is 1. The maximum atomic E-state index is 13.0. The van der Waals surface area contributed by atoms with E-state index in [0.29, 0.717) is 21.4 Å². The van der Waals surface area contributed by atoms with Gasteiger partial charge in [-0.15, -0.1) is 0 Å². The van der Waals surface area contributed by atoms with Crippen LogP contribution in [-0.2, 0) is 4.74 Å². The first-order valence-electron chi connectivity index (χ1n) is 9.37. The Balaban J connectivity index is 1.81. The highest BCUT2D eigenvalue weighted by atomic mass is 35.5. The highest BCUT2D eigenvalue weighted by molar-refractivity contribution is 6.31. The van der Waals surface area contributed by atoms with Crippen molar-refractivity contribution in [3.8, 4) is 11.6 Å². The minimum Gasteiger partial charge on any atom is -0.465 e. The van der Waals surface area contributed by atoms with Crippen molar-refractivity contribution in [2.45, 2.75) is 19.9 Å². The van der Waals surface area contributed by atoms with E-state index in [1.165, 1.54) is 19.4 Å². The number of amides is 1. The lowest BCUT2D eigenvalue weighted by atomic mass is 10.1. The van der Waals surface area contributed by atoms with Crippen molar-refractivity contribution in [3.63, 3.8) is 0 Å². The maximum Gasteiger partial charge on any atom is 0.337 e. The van der Waals surface area contributed by atoms with Crippen LogP contribution in [0.1, 0.15) is 44.8 Å². The van der Waals surface area contributed by atoms with Crippen molar-refractivity contribution in [1.29, 1.82) is 0 Å². The summed E-state index contributed by atoms with van der Waals surface area (Å²) in [5.41, 5.74) is 2.24. The quantitative estimate of drug-likeness (QED) is 0.474. The molecule has 0 radical (unpaired) electrons. The van der Waals surface area contributed by atoms with Crippen LogP contribution in [0.25, 0.3) is 0 Å². The van der Waals surface area contributed by atoms with Crippen molar-refractivity contribution >= 4 is 35.1 Å². The number of halogens is 2. The van der Waals surface area contributed by atoms with Crippen LogP contribution < -0.4 is 10.1 Å². The lowest BCUT2D eigenvalue weighted by Gasteiger charge is -2.17. The molecule has 31 heavy (non-hydrogen) atoms. The molecule has 1 N–H and O–H groups in total. The van der Waals surface area contributed by atoms with Gasteiger partial charge < -0.3 is 14.8 Å². The number of rotatable bonds is 6. The summed E-state index contributed by atoms with van der Waals surface area (Å²) < 4.78 is 10.6. The third-order valence-electron chi connectivity index (χ3n) is 4.59. The van der Waals surface area contributed by atoms with Crippen molar-refractivity contribution < 1.29 is 19.1 Å². The monoisotopic (exact) mass is 458 g/mol. The van der Waals surface area contributed by atoms with Crippen LogP contribution in [0.15, 0.2) is 54.7 Å². The average molecular weight is 459 g/mol. The second-order valence-corrected chi connectivity index (χ2v) is 7.70. The fraction of sp³-hybridized carbons (Fsp3) is 0.174. The van der Waals surface area contributed by atoms with E-state index in [1.54, 1.807) is 42.5 Å². The number of aromatic nitrogens is 1. The largest absolute Gasteiger partial charge is 0.465 e. The first kappa shape index (κ1) is 22.6. The molecule has 0 bridgehead atoms. The summed E-state index contributed by atoms with van der Waals surface area (Å²) in [5.74, 6) is -0.172. The second-order valence-electron chi connectivity index (χ2n) is 6.83. The van der Waals surface area contributed by atoms with Crippen LogP contribution in [0.2, 0.25) is 10.0 Å². The molecule has 0 aliphatic carbocycles. The Hall–Kier alpha value is -3.09. The number of hydrogen-bond acceptors (Lipinski definition) is 5. The van der Waals surface area contributed by atoms with Crippen molar-refractivity contribution in [1.82, 2.24) is 10.3 Å². The Morgan fingerprint density at radius 3 is 2.39 bits per heavy atom. The zero-order valence-corrected chi connectivity index (χ0v) is 18.6. The van der Waals surface area contributed by atoms with Crippen molar-refractivity contribution in [2.24, 2.45) is 0 Å². The molecular weight excluding hydrogens is 439 g/mol. The highest BCUT2D eigenvalue weighted by Gasteiger charge is 2.19. The summed E-state index contributed by atoms with van der Waals surface area (Å²) in [7, 11) is 1.32. The molecule has 0 aliphatic rings. The van der Waals surface area contributed by atoms with Gasteiger partial charge in [0, 0.05) is 11.2 Å². The lowest BCUT2D eigenvalue weighted by molar-refractivity contribution is 0.0600. The number of nitrogens with one attached hydrogen (secondary N) is 1. The van der Waals surface area contributed by atoms with E-state index >= 15 is 0 Å². The van der Waals surface area contributed by atoms with E-state index in [2.05, 4.69) is 10.3 Å². The predicted octanol–water partition coefficient (Wildman–Crippen LogP) is 5.77. The van der Waals surface area contributed by atoms with Gasteiger partial charge in [0.25, 0.3) is 5.91 Å². The highest BCUT2D eigenvalue weighted by Crippen LogP contribution is 2.29. The Labute approximate surface area is 190 Å². The number of carbonyl (C=O) groups is 2. The number of carbonyl (C=O) groups excluding carboxylic acids is 2.